The SMILES string of the molecule is CC(C)NCc1nnc(-c2ccoc2Br)s1. The van der Waals surface area contributed by atoms with Gasteiger partial charge in [0, 0.05) is 12.6 Å². The van der Waals surface area contributed by atoms with E-state index in [-0.39, 0.29) is 0 Å². The van der Waals surface area contributed by atoms with Crippen LogP contribution in [-0.4, -0.2) is 16.2 Å². The fourth-order valence-electron chi connectivity index (χ4n) is 1.17. The second kappa shape index (κ2) is 5.07. The first-order valence-corrected chi connectivity index (χ1v) is 6.57. The van der Waals surface area contributed by atoms with E-state index in [9.17, 15) is 0 Å². The summed E-state index contributed by atoms with van der Waals surface area (Å²) in [5, 5.41) is 13.4. The second-order valence-electron chi connectivity index (χ2n) is 3.64. The topological polar surface area (TPSA) is 51.0 Å². The average Bonchev–Trinajstić information content (AvgIpc) is 2.83. The zero-order valence-electron chi connectivity index (χ0n) is 9.03. The number of nitrogens with one attached hydrogen (secondary N) is 1. The van der Waals surface area contributed by atoms with Gasteiger partial charge in [-0.05, 0) is 22.0 Å². The molecule has 0 radical (unpaired) electrons. The third kappa shape index (κ3) is 2.69. The maximum atomic E-state index is 5.17. The Kier molecular flexibility index (Phi) is 3.73. The quantitative estimate of drug-likeness (QED) is 0.943. The predicted molar refractivity (Wildman–Crippen MR) is 67.3 cm³/mol. The van der Waals surface area contributed by atoms with Crippen molar-refractivity contribution in [1.82, 2.24) is 15.5 Å². The third-order valence-electron chi connectivity index (χ3n) is 1.98. The summed E-state index contributed by atoms with van der Waals surface area (Å²) in [5.41, 5.74) is 0.952. The molecular formula is C10H12BrN3OS. The minimum atomic E-state index is 0.452. The van der Waals surface area contributed by atoms with E-state index in [1.807, 2.05) is 6.07 Å². The van der Waals surface area contributed by atoms with Crippen LogP contribution in [0.4, 0.5) is 0 Å². The molecule has 2 aromatic heterocycles. The Morgan fingerprint density at radius 2 is 2.31 bits per heavy atom. The Morgan fingerprint density at radius 1 is 1.50 bits per heavy atom. The molecule has 0 bridgehead atoms. The molecular weight excluding hydrogens is 290 g/mol. The summed E-state index contributed by atoms with van der Waals surface area (Å²) < 4.78 is 5.87. The summed E-state index contributed by atoms with van der Waals surface area (Å²) in [6, 6.07) is 2.33. The number of furan rings is 1. The number of hydrogen-bond acceptors (Lipinski definition) is 5. The number of rotatable bonds is 4. The van der Waals surface area contributed by atoms with Gasteiger partial charge in [0.05, 0.1) is 11.8 Å². The molecule has 2 heterocycles. The Morgan fingerprint density at radius 3 is 2.94 bits per heavy atom. The lowest BCUT2D eigenvalue weighted by Crippen LogP contribution is -2.21. The zero-order valence-corrected chi connectivity index (χ0v) is 11.4. The molecule has 0 unspecified atom stereocenters. The third-order valence-corrected chi connectivity index (χ3v) is 3.55. The van der Waals surface area contributed by atoms with Gasteiger partial charge in [0.1, 0.15) is 5.01 Å². The van der Waals surface area contributed by atoms with Crippen LogP contribution in [0.15, 0.2) is 21.4 Å². The van der Waals surface area contributed by atoms with Crippen LogP contribution in [0.5, 0.6) is 0 Å². The molecule has 0 saturated carbocycles. The summed E-state index contributed by atoms with van der Waals surface area (Å²) in [6.45, 7) is 4.97. The summed E-state index contributed by atoms with van der Waals surface area (Å²) in [7, 11) is 0. The highest BCUT2D eigenvalue weighted by Gasteiger charge is 2.11. The van der Waals surface area contributed by atoms with E-state index in [4.69, 9.17) is 4.42 Å². The minimum absolute atomic E-state index is 0.452. The zero-order chi connectivity index (χ0) is 11.5. The number of aromatic nitrogens is 2. The van der Waals surface area contributed by atoms with Gasteiger partial charge in [-0.25, -0.2) is 0 Å². The molecule has 0 aliphatic carbocycles. The molecule has 2 rings (SSSR count). The maximum absolute atomic E-state index is 5.17. The highest BCUT2D eigenvalue weighted by molar-refractivity contribution is 9.10. The molecule has 1 N–H and O–H groups in total. The van der Waals surface area contributed by atoms with E-state index in [1.165, 1.54) is 0 Å². The van der Waals surface area contributed by atoms with Crippen molar-refractivity contribution in [2.45, 2.75) is 26.4 Å². The van der Waals surface area contributed by atoms with E-state index in [0.717, 1.165) is 22.1 Å². The molecule has 0 amide bonds. The van der Waals surface area contributed by atoms with Gasteiger partial charge in [0.25, 0.3) is 0 Å². The summed E-state index contributed by atoms with van der Waals surface area (Å²) in [6.07, 6.45) is 1.63. The van der Waals surface area contributed by atoms with Crippen LogP contribution in [0.3, 0.4) is 0 Å². The van der Waals surface area contributed by atoms with Gasteiger partial charge in [0.2, 0.25) is 0 Å². The largest absolute Gasteiger partial charge is 0.457 e. The first-order chi connectivity index (χ1) is 7.66. The molecule has 0 fully saturated rings. The minimum Gasteiger partial charge on any atom is -0.457 e. The van der Waals surface area contributed by atoms with Gasteiger partial charge in [0.15, 0.2) is 9.68 Å². The smallest absolute Gasteiger partial charge is 0.179 e. The van der Waals surface area contributed by atoms with Gasteiger partial charge in [-0.2, -0.15) is 0 Å². The predicted octanol–water partition coefficient (Wildman–Crippen LogP) is 3.06. The molecule has 0 aliphatic heterocycles. The van der Waals surface area contributed by atoms with E-state index >= 15 is 0 Å². The normalized spacial score (nSPS) is 11.2. The number of nitrogens with zero attached hydrogens (tertiary/aromatic N) is 2. The molecule has 0 atom stereocenters. The van der Waals surface area contributed by atoms with Gasteiger partial charge >= 0.3 is 0 Å². The van der Waals surface area contributed by atoms with Crippen LogP contribution >= 0.6 is 27.3 Å². The molecule has 86 valence electrons. The Balaban J connectivity index is 2.11. The van der Waals surface area contributed by atoms with E-state index in [0.29, 0.717) is 10.7 Å². The Labute approximate surface area is 106 Å². The molecule has 6 heteroatoms. The van der Waals surface area contributed by atoms with Crippen LogP contribution in [0, 0.1) is 0 Å². The monoisotopic (exact) mass is 301 g/mol. The van der Waals surface area contributed by atoms with E-state index in [1.54, 1.807) is 17.6 Å². The summed E-state index contributed by atoms with van der Waals surface area (Å²) in [5.74, 6) is 0. The summed E-state index contributed by atoms with van der Waals surface area (Å²) >= 11 is 4.90. The first kappa shape index (κ1) is 11.8. The van der Waals surface area contributed by atoms with Crippen molar-refractivity contribution in [2.75, 3.05) is 0 Å². The van der Waals surface area contributed by atoms with Crippen molar-refractivity contribution in [3.63, 3.8) is 0 Å². The van der Waals surface area contributed by atoms with Gasteiger partial charge in [-0.15, -0.1) is 10.2 Å². The van der Waals surface area contributed by atoms with Crippen molar-refractivity contribution >= 4 is 27.3 Å². The lowest BCUT2D eigenvalue weighted by Gasteiger charge is -2.03. The Hall–Kier alpha value is -0.720. The highest BCUT2D eigenvalue weighted by atomic mass is 79.9. The van der Waals surface area contributed by atoms with Crippen LogP contribution < -0.4 is 5.32 Å². The number of halogens is 1. The average molecular weight is 302 g/mol. The second-order valence-corrected chi connectivity index (χ2v) is 5.43. The van der Waals surface area contributed by atoms with Gasteiger partial charge in [-0.3, -0.25) is 0 Å². The molecule has 0 aromatic carbocycles. The maximum Gasteiger partial charge on any atom is 0.179 e. The molecule has 16 heavy (non-hydrogen) atoms. The van der Waals surface area contributed by atoms with Crippen molar-refractivity contribution in [2.24, 2.45) is 0 Å². The van der Waals surface area contributed by atoms with E-state index in [2.05, 4.69) is 45.3 Å². The van der Waals surface area contributed by atoms with Crippen molar-refractivity contribution in [3.8, 4) is 10.6 Å². The van der Waals surface area contributed by atoms with Crippen LogP contribution in [0.2, 0.25) is 0 Å². The standard InChI is InChI=1S/C10H12BrN3OS/c1-6(2)12-5-8-13-14-10(16-8)7-3-4-15-9(7)11/h3-4,6,12H,5H2,1-2H3. The number of hydrogen-bond donors (Lipinski definition) is 1. The van der Waals surface area contributed by atoms with Gasteiger partial charge in [-0.1, -0.05) is 25.2 Å². The lowest BCUT2D eigenvalue weighted by atomic mass is 10.4. The fourth-order valence-corrected chi connectivity index (χ4v) is 2.54. The highest BCUT2D eigenvalue weighted by Crippen LogP contribution is 2.31. The van der Waals surface area contributed by atoms with Gasteiger partial charge < -0.3 is 9.73 Å². The molecule has 4 nitrogen and oxygen atoms in total. The summed E-state index contributed by atoms with van der Waals surface area (Å²) in [4.78, 5) is 0. The fraction of sp³-hybridized carbons (Fsp3) is 0.400. The van der Waals surface area contributed by atoms with Crippen LogP contribution in [0.25, 0.3) is 10.6 Å². The van der Waals surface area contributed by atoms with E-state index < -0.39 is 0 Å². The van der Waals surface area contributed by atoms with Crippen molar-refractivity contribution in [3.05, 3.63) is 22.0 Å². The lowest BCUT2D eigenvalue weighted by molar-refractivity contribution is 0.542. The Bertz CT molecular complexity index is 466. The van der Waals surface area contributed by atoms with Crippen molar-refractivity contribution < 1.29 is 4.42 Å². The van der Waals surface area contributed by atoms with Crippen molar-refractivity contribution in [1.29, 1.82) is 0 Å². The molecule has 2 aromatic rings. The van der Waals surface area contributed by atoms with Crippen LogP contribution in [-0.2, 0) is 6.54 Å². The first-order valence-electron chi connectivity index (χ1n) is 4.96. The molecule has 0 aliphatic rings. The molecule has 0 spiro atoms. The van der Waals surface area contributed by atoms with Crippen LogP contribution in [0.1, 0.15) is 18.9 Å². The molecule has 0 saturated heterocycles.